The Bertz CT molecular complexity index is 620. The number of aliphatic carboxylic acids is 1. The molecule has 2 aromatic carbocycles. The molecule has 0 amide bonds. The van der Waals surface area contributed by atoms with Gasteiger partial charge in [-0.25, -0.2) is 0 Å². The van der Waals surface area contributed by atoms with E-state index >= 15 is 0 Å². The van der Waals surface area contributed by atoms with Crippen molar-refractivity contribution in [1.29, 1.82) is 0 Å². The lowest BCUT2D eigenvalue weighted by Gasteiger charge is -2.15. The van der Waals surface area contributed by atoms with Gasteiger partial charge in [0.25, 0.3) is 0 Å². The molecule has 0 aromatic heterocycles. The van der Waals surface area contributed by atoms with E-state index in [2.05, 4.69) is 0 Å². The third-order valence-corrected chi connectivity index (χ3v) is 3.36. The Morgan fingerprint density at radius 1 is 1.05 bits per heavy atom. The first kappa shape index (κ1) is 13.9. The summed E-state index contributed by atoms with van der Waals surface area (Å²) >= 11 is 0. The molecule has 2 aromatic rings. The van der Waals surface area contributed by atoms with Crippen molar-refractivity contribution in [3.05, 3.63) is 59.2 Å². The number of aryl methyl sites for hydroxylation is 1. The molecule has 3 N–H and O–H groups in total. The Morgan fingerprint density at radius 2 is 1.70 bits per heavy atom. The van der Waals surface area contributed by atoms with Crippen LogP contribution in [-0.2, 0) is 11.2 Å². The zero-order chi connectivity index (χ0) is 14.7. The first-order chi connectivity index (χ1) is 9.50. The number of phenolic OH excluding ortho intramolecular Hbond substituents is 2. The van der Waals surface area contributed by atoms with E-state index in [1.807, 2.05) is 6.07 Å². The van der Waals surface area contributed by atoms with Crippen LogP contribution in [0.2, 0.25) is 0 Å². The molecule has 0 saturated carbocycles. The van der Waals surface area contributed by atoms with Crippen LogP contribution in [0.15, 0.2) is 42.5 Å². The minimum Gasteiger partial charge on any atom is -0.504 e. The molecular weight excluding hydrogens is 256 g/mol. The van der Waals surface area contributed by atoms with Gasteiger partial charge in [0.15, 0.2) is 11.5 Å². The Labute approximate surface area is 116 Å². The maximum atomic E-state index is 11.4. The van der Waals surface area contributed by atoms with Crippen LogP contribution in [0, 0.1) is 6.92 Å². The fourth-order valence-electron chi connectivity index (χ4n) is 2.14. The molecule has 0 aliphatic rings. The average molecular weight is 272 g/mol. The number of carboxylic acids is 1. The van der Waals surface area contributed by atoms with Gasteiger partial charge in [0.1, 0.15) is 0 Å². The van der Waals surface area contributed by atoms with Crippen LogP contribution in [-0.4, -0.2) is 21.3 Å². The van der Waals surface area contributed by atoms with Gasteiger partial charge < -0.3 is 15.3 Å². The van der Waals surface area contributed by atoms with E-state index in [0.29, 0.717) is 16.7 Å². The largest absolute Gasteiger partial charge is 0.504 e. The molecule has 2 rings (SSSR count). The van der Waals surface area contributed by atoms with Crippen molar-refractivity contribution in [3.8, 4) is 11.5 Å². The van der Waals surface area contributed by atoms with Gasteiger partial charge in [-0.1, -0.05) is 42.5 Å². The van der Waals surface area contributed by atoms with E-state index in [1.54, 1.807) is 43.3 Å². The molecule has 1 atom stereocenters. The van der Waals surface area contributed by atoms with Crippen molar-refractivity contribution in [1.82, 2.24) is 0 Å². The summed E-state index contributed by atoms with van der Waals surface area (Å²) in [6.07, 6.45) is 0.124. The lowest BCUT2D eigenvalue weighted by atomic mass is 9.91. The molecule has 0 aliphatic carbocycles. The number of carboxylic acid groups (broad SMARTS) is 1. The summed E-state index contributed by atoms with van der Waals surface area (Å²) in [6.45, 7) is 1.67. The van der Waals surface area contributed by atoms with Crippen LogP contribution in [0.5, 0.6) is 11.5 Å². The van der Waals surface area contributed by atoms with E-state index in [1.165, 1.54) is 0 Å². The standard InChI is InChI=1S/C16H16O4/c1-10-7-8-12(15(18)14(10)17)9-13(16(19)20)11-5-3-2-4-6-11/h2-8,13,17-18H,9H2,1H3,(H,19,20). The highest BCUT2D eigenvalue weighted by atomic mass is 16.4. The van der Waals surface area contributed by atoms with Crippen LogP contribution in [0.25, 0.3) is 0 Å². The number of phenols is 2. The molecule has 0 heterocycles. The molecule has 0 radical (unpaired) electrons. The SMILES string of the molecule is Cc1ccc(CC(C(=O)O)c2ccccc2)c(O)c1O. The topological polar surface area (TPSA) is 77.8 Å². The minimum absolute atomic E-state index is 0.124. The highest BCUT2D eigenvalue weighted by Crippen LogP contribution is 2.35. The highest BCUT2D eigenvalue weighted by molar-refractivity contribution is 5.76. The number of carbonyl (C=O) groups is 1. The second-order valence-corrected chi connectivity index (χ2v) is 4.74. The molecular formula is C16H16O4. The lowest BCUT2D eigenvalue weighted by molar-refractivity contribution is -0.138. The summed E-state index contributed by atoms with van der Waals surface area (Å²) < 4.78 is 0. The summed E-state index contributed by atoms with van der Waals surface area (Å²) in [5.74, 6) is -2.16. The molecule has 0 aliphatic heterocycles. The molecule has 104 valence electrons. The zero-order valence-electron chi connectivity index (χ0n) is 11.1. The quantitative estimate of drug-likeness (QED) is 0.748. The van der Waals surface area contributed by atoms with Gasteiger partial charge in [-0.05, 0) is 30.0 Å². The van der Waals surface area contributed by atoms with Crippen molar-refractivity contribution in [2.24, 2.45) is 0 Å². The monoisotopic (exact) mass is 272 g/mol. The van der Waals surface area contributed by atoms with Gasteiger partial charge in [-0.15, -0.1) is 0 Å². The van der Waals surface area contributed by atoms with Crippen molar-refractivity contribution >= 4 is 5.97 Å². The molecule has 0 saturated heterocycles. The molecule has 1 unspecified atom stereocenters. The Hall–Kier alpha value is -2.49. The van der Waals surface area contributed by atoms with Crippen LogP contribution >= 0.6 is 0 Å². The fourth-order valence-corrected chi connectivity index (χ4v) is 2.14. The molecule has 4 heteroatoms. The Kier molecular flexibility index (Phi) is 3.94. The van der Waals surface area contributed by atoms with Crippen LogP contribution in [0.4, 0.5) is 0 Å². The number of hydrogen-bond acceptors (Lipinski definition) is 3. The smallest absolute Gasteiger partial charge is 0.311 e. The highest BCUT2D eigenvalue weighted by Gasteiger charge is 2.22. The van der Waals surface area contributed by atoms with E-state index in [4.69, 9.17) is 0 Å². The zero-order valence-corrected chi connectivity index (χ0v) is 11.1. The van der Waals surface area contributed by atoms with Crippen molar-refractivity contribution in [2.75, 3.05) is 0 Å². The molecule has 0 bridgehead atoms. The Balaban J connectivity index is 2.35. The van der Waals surface area contributed by atoms with E-state index < -0.39 is 11.9 Å². The van der Waals surface area contributed by atoms with Gasteiger partial charge in [0.2, 0.25) is 0 Å². The normalized spacial score (nSPS) is 12.1. The van der Waals surface area contributed by atoms with Crippen LogP contribution in [0.3, 0.4) is 0 Å². The number of benzene rings is 2. The van der Waals surface area contributed by atoms with Gasteiger partial charge in [0.05, 0.1) is 5.92 Å². The molecule has 4 nitrogen and oxygen atoms in total. The van der Waals surface area contributed by atoms with Gasteiger partial charge in [-0.2, -0.15) is 0 Å². The second-order valence-electron chi connectivity index (χ2n) is 4.74. The summed E-state index contributed by atoms with van der Waals surface area (Å²) in [5, 5.41) is 29.0. The first-order valence-corrected chi connectivity index (χ1v) is 6.29. The molecule has 0 spiro atoms. The number of hydrogen-bond donors (Lipinski definition) is 3. The maximum absolute atomic E-state index is 11.4. The van der Waals surface area contributed by atoms with Gasteiger partial charge in [-0.3, -0.25) is 4.79 Å². The van der Waals surface area contributed by atoms with Crippen LogP contribution < -0.4 is 0 Å². The first-order valence-electron chi connectivity index (χ1n) is 6.29. The predicted molar refractivity (Wildman–Crippen MR) is 75.0 cm³/mol. The maximum Gasteiger partial charge on any atom is 0.311 e. The lowest BCUT2D eigenvalue weighted by Crippen LogP contribution is -2.14. The third kappa shape index (κ3) is 2.74. The molecule has 20 heavy (non-hydrogen) atoms. The van der Waals surface area contributed by atoms with Crippen molar-refractivity contribution < 1.29 is 20.1 Å². The summed E-state index contributed by atoms with van der Waals surface area (Å²) in [4.78, 5) is 11.4. The summed E-state index contributed by atoms with van der Waals surface area (Å²) in [5.41, 5.74) is 1.64. The fraction of sp³-hybridized carbons (Fsp3) is 0.188. The van der Waals surface area contributed by atoms with E-state index in [9.17, 15) is 20.1 Å². The average Bonchev–Trinajstić information content (AvgIpc) is 2.45. The van der Waals surface area contributed by atoms with Crippen molar-refractivity contribution in [2.45, 2.75) is 19.3 Å². The summed E-state index contributed by atoms with van der Waals surface area (Å²) in [6, 6.07) is 12.2. The van der Waals surface area contributed by atoms with E-state index in [0.717, 1.165) is 0 Å². The van der Waals surface area contributed by atoms with Crippen molar-refractivity contribution in [3.63, 3.8) is 0 Å². The summed E-state index contributed by atoms with van der Waals surface area (Å²) in [7, 11) is 0. The van der Waals surface area contributed by atoms with E-state index in [-0.39, 0.29) is 17.9 Å². The van der Waals surface area contributed by atoms with Gasteiger partial charge >= 0.3 is 5.97 Å². The van der Waals surface area contributed by atoms with Crippen LogP contribution in [0.1, 0.15) is 22.6 Å². The predicted octanol–water partition coefficient (Wildman–Crippen LogP) is 2.82. The number of rotatable bonds is 4. The second kappa shape index (κ2) is 5.65. The third-order valence-electron chi connectivity index (χ3n) is 3.36. The minimum atomic E-state index is -0.962. The van der Waals surface area contributed by atoms with Gasteiger partial charge in [0, 0.05) is 0 Å². The molecule has 0 fully saturated rings. The number of aromatic hydroxyl groups is 2. The Morgan fingerprint density at radius 3 is 2.30 bits per heavy atom.